The molecule has 4 nitrogen and oxygen atoms in total. The number of hydrogen-bond acceptors (Lipinski definition) is 4. The fraction of sp³-hybridized carbons (Fsp3) is 0.562. The molecule has 1 fully saturated rings. The van der Waals surface area contributed by atoms with Crippen LogP contribution in [-0.2, 0) is 12.8 Å². The minimum Gasteiger partial charge on any atom is -0.376 e. The van der Waals surface area contributed by atoms with E-state index >= 15 is 0 Å². The normalized spacial score (nSPS) is 21.7. The van der Waals surface area contributed by atoms with Crippen molar-refractivity contribution in [2.24, 2.45) is 21.8 Å². The predicted octanol–water partition coefficient (Wildman–Crippen LogP) is 7.84. The number of benzene rings is 1. The highest BCUT2D eigenvalue weighted by molar-refractivity contribution is 6.39. The lowest BCUT2D eigenvalue weighted by Gasteiger charge is -2.42. The maximum atomic E-state index is 14.9. The van der Waals surface area contributed by atoms with Crippen LogP contribution in [0.2, 0.25) is 0 Å². The zero-order valence-electron chi connectivity index (χ0n) is 23.2. The van der Waals surface area contributed by atoms with Crippen molar-refractivity contribution in [2.45, 2.75) is 77.6 Å². The molecular formula is C32H46ClFN4. The summed E-state index contributed by atoms with van der Waals surface area (Å²) in [5, 5.41) is 3.77. The number of unbranched alkanes of at least 4 members (excludes halogenated alkanes) is 1. The second kappa shape index (κ2) is 16.5. The van der Waals surface area contributed by atoms with Gasteiger partial charge in [-0.2, -0.15) is 0 Å². The van der Waals surface area contributed by atoms with Crippen LogP contribution in [0.5, 0.6) is 0 Å². The van der Waals surface area contributed by atoms with Crippen LogP contribution in [-0.4, -0.2) is 43.6 Å². The number of rotatable bonds is 13. The van der Waals surface area contributed by atoms with Gasteiger partial charge in [0.2, 0.25) is 0 Å². The maximum absolute atomic E-state index is 14.9. The highest BCUT2D eigenvalue weighted by Crippen LogP contribution is 2.28. The maximum Gasteiger partial charge on any atom is 0.127 e. The van der Waals surface area contributed by atoms with Gasteiger partial charge in [0.1, 0.15) is 5.82 Å². The zero-order chi connectivity index (χ0) is 27.2. The molecule has 1 N–H and O–H groups in total. The van der Waals surface area contributed by atoms with Crippen molar-refractivity contribution in [1.29, 1.82) is 0 Å². The molecule has 0 saturated carbocycles. The van der Waals surface area contributed by atoms with Crippen LogP contribution in [0.4, 0.5) is 4.39 Å². The molecule has 1 aromatic rings. The van der Waals surface area contributed by atoms with E-state index in [0.29, 0.717) is 23.3 Å². The topological polar surface area (TPSA) is 40.0 Å². The first-order valence-electron chi connectivity index (χ1n) is 14.4. The van der Waals surface area contributed by atoms with Gasteiger partial charge in [-0.1, -0.05) is 68.7 Å². The Morgan fingerprint density at radius 1 is 1.13 bits per heavy atom. The number of hydrogen-bond donors (Lipinski definition) is 1. The average Bonchev–Trinajstić information content (AvgIpc) is 2.85. The molecule has 3 rings (SSSR count). The summed E-state index contributed by atoms with van der Waals surface area (Å²) in [5.74, 6) is 1.22. The van der Waals surface area contributed by atoms with Crippen LogP contribution >= 0.6 is 11.6 Å². The summed E-state index contributed by atoms with van der Waals surface area (Å²) < 4.78 is 14.9. The SMILES string of the molecule is C=C(CCC)CCC1CN(C(=C)Cc2ccc(CCCCC3CC\N=C/C(Cl)=C\N=C\NCC3)cc2F)C1. The molecule has 6 heteroatoms. The van der Waals surface area contributed by atoms with Crippen molar-refractivity contribution in [3.05, 3.63) is 70.8 Å². The van der Waals surface area contributed by atoms with Crippen LogP contribution in [0.1, 0.15) is 75.8 Å². The van der Waals surface area contributed by atoms with Crippen molar-refractivity contribution in [3.63, 3.8) is 0 Å². The molecule has 0 radical (unpaired) electrons. The Morgan fingerprint density at radius 2 is 1.97 bits per heavy atom. The van der Waals surface area contributed by atoms with Gasteiger partial charge in [0.05, 0.1) is 11.4 Å². The molecule has 38 heavy (non-hydrogen) atoms. The van der Waals surface area contributed by atoms with Crippen LogP contribution in [0, 0.1) is 17.7 Å². The number of allylic oxidation sites excluding steroid dienone is 3. The summed E-state index contributed by atoms with van der Waals surface area (Å²) in [5.41, 5.74) is 4.23. The quantitative estimate of drug-likeness (QED) is 0.204. The molecule has 0 bridgehead atoms. The summed E-state index contributed by atoms with van der Waals surface area (Å²) in [6.07, 6.45) is 16.6. The Balaban J connectivity index is 1.36. The van der Waals surface area contributed by atoms with Gasteiger partial charge in [-0.05, 0) is 74.0 Å². The lowest BCUT2D eigenvalue weighted by molar-refractivity contribution is 0.132. The lowest BCUT2D eigenvalue weighted by Crippen LogP contribution is -2.45. The Kier molecular flexibility index (Phi) is 13.1. The first kappa shape index (κ1) is 30.1. The average molecular weight is 541 g/mol. The third-order valence-electron chi connectivity index (χ3n) is 7.70. The van der Waals surface area contributed by atoms with Crippen molar-refractivity contribution in [2.75, 3.05) is 26.2 Å². The lowest BCUT2D eigenvalue weighted by atomic mass is 9.90. The van der Waals surface area contributed by atoms with Gasteiger partial charge in [-0.15, -0.1) is 0 Å². The van der Waals surface area contributed by atoms with Crippen LogP contribution < -0.4 is 5.32 Å². The fourth-order valence-corrected chi connectivity index (χ4v) is 5.39. The largest absolute Gasteiger partial charge is 0.376 e. The molecule has 2 heterocycles. The number of nitrogens with one attached hydrogen (secondary N) is 1. The molecule has 1 unspecified atom stereocenters. The third-order valence-corrected chi connectivity index (χ3v) is 7.89. The highest BCUT2D eigenvalue weighted by atomic mass is 35.5. The molecule has 0 aliphatic carbocycles. The van der Waals surface area contributed by atoms with Gasteiger partial charge in [0, 0.05) is 50.7 Å². The first-order chi connectivity index (χ1) is 18.4. The van der Waals surface area contributed by atoms with E-state index in [2.05, 4.69) is 46.3 Å². The van der Waals surface area contributed by atoms with E-state index in [1.807, 2.05) is 6.07 Å². The summed E-state index contributed by atoms with van der Waals surface area (Å²) in [7, 11) is 0. The van der Waals surface area contributed by atoms with E-state index in [4.69, 9.17) is 11.6 Å². The zero-order valence-corrected chi connectivity index (χ0v) is 24.0. The van der Waals surface area contributed by atoms with Crippen molar-refractivity contribution in [3.8, 4) is 0 Å². The van der Waals surface area contributed by atoms with Gasteiger partial charge in [0.25, 0.3) is 0 Å². The van der Waals surface area contributed by atoms with Gasteiger partial charge in [-0.3, -0.25) is 4.99 Å². The summed E-state index contributed by atoms with van der Waals surface area (Å²) in [6, 6.07) is 5.78. The van der Waals surface area contributed by atoms with E-state index < -0.39 is 0 Å². The molecule has 0 amide bonds. The summed E-state index contributed by atoms with van der Waals surface area (Å²) >= 11 is 6.05. The minimum absolute atomic E-state index is 0.103. The highest BCUT2D eigenvalue weighted by Gasteiger charge is 2.27. The molecular weight excluding hydrogens is 495 g/mol. The Bertz CT molecular complexity index is 993. The van der Waals surface area contributed by atoms with E-state index in [0.717, 1.165) is 94.4 Å². The number of halogens is 2. The van der Waals surface area contributed by atoms with E-state index in [1.165, 1.54) is 18.4 Å². The van der Waals surface area contributed by atoms with E-state index in [9.17, 15) is 4.39 Å². The second-order valence-electron chi connectivity index (χ2n) is 10.9. The first-order valence-corrected chi connectivity index (χ1v) is 14.8. The predicted molar refractivity (Wildman–Crippen MR) is 162 cm³/mol. The van der Waals surface area contributed by atoms with Gasteiger partial charge < -0.3 is 10.2 Å². The summed E-state index contributed by atoms with van der Waals surface area (Å²) in [6.45, 7) is 14.4. The number of aryl methyl sites for hydroxylation is 1. The van der Waals surface area contributed by atoms with Gasteiger partial charge >= 0.3 is 0 Å². The molecule has 0 spiro atoms. The smallest absolute Gasteiger partial charge is 0.127 e. The van der Waals surface area contributed by atoms with Gasteiger partial charge in [0.15, 0.2) is 0 Å². The number of aliphatic imine (C=N–C) groups is 2. The second-order valence-corrected chi connectivity index (χ2v) is 11.4. The Labute approximate surface area is 234 Å². The minimum atomic E-state index is -0.103. The summed E-state index contributed by atoms with van der Waals surface area (Å²) in [4.78, 5) is 10.9. The number of nitrogens with zero attached hydrogens (tertiary/aromatic N) is 3. The fourth-order valence-electron chi connectivity index (χ4n) is 5.27. The van der Waals surface area contributed by atoms with Crippen LogP contribution in [0.25, 0.3) is 0 Å². The molecule has 0 aromatic heterocycles. The Hall–Kier alpha value is -2.40. The Morgan fingerprint density at radius 3 is 2.76 bits per heavy atom. The molecule has 2 aliphatic heterocycles. The van der Waals surface area contributed by atoms with Crippen molar-refractivity contribution >= 4 is 24.2 Å². The standard InChI is InChI=1S/C32H46ClFN4/c1-4-7-25(2)10-11-29-22-38(23-29)26(3)18-30-13-12-28(19-32(30)34)9-6-5-8-27-14-16-35-20-31(33)21-37-24-36-17-15-27/h12-13,19-21,24,27,29H,2-11,14-18,22-23H2,1H3,(H,36,37)/b31-21+,35-20-. The molecule has 1 saturated heterocycles. The number of likely N-dealkylation sites (tertiary alicyclic amines) is 1. The van der Waals surface area contributed by atoms with E-state index in [1.54, 1.807) is 24.8 Å². The molecule has 1 aromatic carbocycles. The third kappa shape index (κ3) is 10.8. The van der Waals surface area contributed by atoms with Crippen molar-refractivity contribution < 1.29 is 4.39 Å². The van der Waals surface area contributed by atoms with Gasteiger partial charge in [-0.25, -0.2) is 9.38 Å². The van der Waals surface area contributed by atoms with E-state index in [-0.39, 0.29) is 5.82 Å². The molecule has 2 aliphatic rings. The molecule has 208 valence electrons. The monoisotopic (exact) mass is 540 g/mol. The van der Waals surface area contributed by atoms with Crippen LogP contribution in [0.15, 0.2) is 63.8 Å². The molecule has 1 atom stereocenters. The van der Waals surface area contributed by atoms with Crippen molar-refractivity contribution in [1.82, 2.24) is 10.2 Å². The van der Waals surface area contributed by atoms with Crippen LogP contribution in [0.3, 0.4) is 0 Å².